The Balaban J connectivity index is 1.80. The van der Waals surface area contributed by atoms with Crippen LogP contribution in [0.5, 0.6) is 0 Å². The first kappa shape index (κ1) is 15.8. The van der Waals surface area contributed by atoms with Gasteiger partial charge >= 0.3 is 0 Å². The SMILES string of the molecule is CCc1cc(C)c(C(=O)N2CCN(CC)[C@@H](c3ncc[nH]3)C2)o1. The molecule has 0 bridgehead atoms. The Morgan fingerprint density at radius 2 is 2.26 bits per heavy atom. The summed E-state index contributed by atoms with van der Waals surface area (Å²) in [4.78, 5) is 24.6. The number of imidazole rings is 1. The molecule has 0 spiro atoms. The van der Waals surface area contributed by atoms with Crippen molar-refractivity contribution >= 4 is 5.91 Å². The van der Waals surface area contributed by atoms with E-state index < -0.39 is 0 Å². The summed E-state index contributed by atoms with van der Waals surface area (Å²) in [5, 5.41) is 0. The van der Waals surface area contributed by atoms with Crippen molar-refractivity contribution in [3.05, 3.63) is 41.4 Å². The molecule has 3 heterocycles. The normalized spacial score (nSPS) is 19.3. The summed E-state index contributed by atoms with van der Waals surface area (Å²) in [6.45, 7) is 9.22. The highest BCUT2D eigenvalue weighted by Gasteiger charge is 2.33. The van der Waals surface area contributed by atoms with Crippen molar-refractivity contribution in [2.45, 2.75) is 33.2 Å². The number of aryl methyl sites for hydroxylation is 2. The minimum absolute atomic E-state index is 0.0190. The maximum atomic E-state index is 12.8. The van der Waals surface area contributed by atoms with Crippen molar-refractivity contribution in [3.63, 3.8) is 0 Å². The Morgan fingerprint density at radius 3 is 2.87 bits per heavy atom. The first-order valence-electron chi connectivity index (χ1n) is 8.25. The van der Waals surface area contributed by atoms with Gasteiger partial charge in [-0.3, -0.25) is 9.69 Å². The van der Waals surface area contributed by atoms with Crippen molar-refractivity contribution in [3.8, 4) is 0 Å². The molecular formula is C17H24N4O2. The van der Waals surface area contributed by atoms with Gasteiger partial charge in [-0.05, 0) is 19.5 Å². The molecule has 1 aliphatic rings. The Hall–Kier alpha value is -2.08. The predicted molar refractivity (Wildman–Crippen MR) is 87.3 cm³/mol. The van der Waals surface area contributed by atoms with Gasteiger partial charge in [-0.2, -0.15) is 0 Å². The average molecular weight is 316 g/mol. The Kier molecular flexibility index (Phi) is 4.52. The van der Waals surface area contributed by atoms with E-state index in [1.807, 2.05) is 31.0 Å². The molecule has 6 nitrogen and oxygen atoms in total. The number of nitrogens with one attached hydrogen (secondary N) is 1. The van der Waals surface area contributed by atoms with Crippen LogP contribution in [-0.4, -0.2) is 51.9 Å². The highest BCUT2D eigenvalue weighted by molar-refractivity contribution is 5.93. The number of hydrogen-bond acceptors (Lipinski definition) is 4. The van der Waals surface area contributed by atoms with Crippen molar-refractivity contribution in [1.29, 1.82) is 0 Å². The summed E-state index contributed by atoms with van der Waals surface area (Å²) in [7, 11) is 0. The van der Waals surface area contributed by atoms with Crippen LogP contribution in [0.15, 0.2) is 22.9 Å². The number of aromatic amines is 1. The van der Waals surface area contributed by atoms with Crippen molar-refractivity contribution in [1.82, 2.24) is 19.8 Å². The lowest BCUT2D eigenvalue weighted by Crippen LogP contribution is -2.50. The van der Waals surface area contributed by atoms with E-state index in [0.717, 1.165) is 36.7 Å². The van der Waals surface area contributed by atoms with Crippen LogP contribution in [0.4, 0.5) is 0 Å². The molecule has 23 heavy (non-hydrogen) atoms. The first-order valence-corrected chi connectivity index (χ1v) is 8.25. The summed E-state index contributed by atoms with van der Waals surface area (Å²) < 4.78 is 5.73. The third kappa shape index (κ3) is 3.03. The average Bonchev–Trinajstić information content (AvgIpc) is 3.23. The summed E-state index contributed by atoms with van der Waals surface area (Å²) in [6.07, 6.45) is 4.38. The topological polar surface area (TPSA) is 65.4 Å². The van der Waals surface area contributed by atoms with Crippen molar-refractivity contribution in [2.24, 2.45) is 0 Å². The van der Waals surface area contributed by atoms with E-state index in [4.69, 9.17) is 4.42 Å². The molecule has 0 aliphatic carbocycles. The minimum atomic E-state index is -0.0190. The molecule has 1 aliphatic heterocycles. The number of amides is 1. The van der Waals surface area contributed by atoms with E-state index in [0.29, 0.717) is 18.8 Å². The lowest BCUT2D eigenvalue weighted by molar-refractivity contribution is 0.0451. The van der Waals surface area contributed by atoms with E-state index in [-0.39, 0.29) is 11.9 Å². The summed E-state index contributed by atoms with van der Waals surface area (Å²) in [6, 6.07) is 2.06. The maximum absolute atomic E-state index is 12.8. The molecule has 0 saturated carbocycles. The molecule has 6 heteroatoms. The van der Waals surface area contributed by atoms with Crippen LogP contribution in [0.2, 0.25) is 0 Å². The molecule has 1 fully saturated rings. The fourth-order valence-electron chi connectivity index (χ4n) is 3.18. The number of hydrogen-bond donors (Lipinski definition) is 1. The molecule has 0 unspecified atom stereocenters. The molecule has 3 rings (SSSR count). The number of piperazine rings is 1. The van der Waals surface area contributed by atoms with Gasteiger partial charge in [-0.25, -0.2) is 4.98 Å². The number of likely N-dealkylation sites (N-methyl/N-ethyl adjacent to an activating group) is 1. The second-order valence-electron chi connectivity index (χ2n) is 5.95. The van der Waals surface area contributed by atoms with Gasteiger partial charge in [0.25, 0.3) is 5.91 Å². The lowest BCUT2D eigenvalue weighted by atomic mass is 10.1. The van der Waals surface area contributed by atoms with Crippen LogP contribution in [0, 0.1) is 6.92 Å². The maximum Gasteiger partial charge on any atom is 0.289 e. The molecule has 1 saturated heterocycles. The number of H-pyrrole nitrogens is 1. The molecular weight excluding hydrogens is 292 g/mol. The second kappa shape index (κ2) is 6.58. The predicted octanol–water partition coefficient (Wildman–Crippen LogP) is 2.39. The number of rotatable bonds is 4. The highest BCUT2D eigenvalue weighted by Crippen LogP contribution is 2.25. The summed E-state index contributed by atoms with van der Waals surface area (Å²) in [5.41, 5.74) is 0.916. The molecule has 1 N–H and O–H groups in total. The quantitative estimate of drug-likeness (QED) is 0.940. The molecule has 2 aromatic heterocycles. The van der Waals surface area contributed by atoms with Gasteiger partial charge in [0.1, 0.15) is 11.6 Å². The number of carbonyl (C=O) groups is 1. The van der Waals surface area contributed by atoms with Gasteiger partial charge in [0.15, 0.2) is 5.76 Å². The van der Waals surface area contributed by atoms with E-state index >= 15 is 0 Å². The third-order valence-corrected chi connectivity index (χ3v) is 4.53. The molecule has 2 aromatic rings. The zero-order valence-electron chi connectivity index (χ0n) is 14.0. The standard InChI is InChI=1S/C17H24N4O2/c1-4-13-10-12(3)15(23-13)17(22)21-9-8-20(5-2)14(11-21)16-18-6-7-19-16/h6-7,10,14H,4-5,8-9,11H2,1-3H3,(H,18,19)/t14-/m1/s1. The second-order valence-corrected chi connectivity index (χ2v) is 5.95. The molecule has 1 amide bonds. The number of carbonyl (C=O) groups excluding carboxylic acids is 1. The summed E-state index contributed by atoms with van der Waals surface area (Å²) in [5.74, 6) is 2.23. The van der Waals surface area contributed by atoms with Gasteiger partial charge in [-0.15, -0.1) is 0 Å². The monoisotopic (exact) mass is 316 g/mol. The van der Waals surface area contributed by atoms with Gasteiger partial charge in [0.05, 0.1) is 6.04 Å². The number of furan rings is 1. The Bertz CT molecular complexity index is 662. The van der Waals surface area contributed by atoms with Crippen LogP contribution >= 0.6 is 0 Å². The Morgan fingerprint density at radius 1 is 1.43 bits per heavy atom. The van der Waals surface area contributed by atoms with Crippen LogP contribution in [0.25, 0.3) is 0 Å². The lowest BCUT2D eigenvalue weighted by Gasteiger charge is -2.39. The Labute approximate surface area is 136 Å². The fourth-order valence-corrected chi connectivity index (χ4v) is 3.18. The van der Waals surface area contributed by atoms with Gasteiger partial charge < -0.3 is 14.3 Å². The fraction of sp³-hybridized carbons (Fsp3) is 0.529. The van der Waals surface area contributed by atoms with E-state index in [2.05, 4.69) is 21.8 Å². The zero-order valence-corrected chi connectivity index (χ0v) is 14.0. The molecule has 0 radical (unpaired) electrons. The largest absolute Gasteiger partial charge is 0.456 e. The van der Waals surface area contributed by atoms with Gasteiger partial charge in [0, 0.05) is 44.0 Å². The van der Waals surface area contributed by atoms with Gasteiger partial charge in [0.2, 0.25) is 0 Å². The van der Waals surface area contributed by atoms with E-state index in [1.165, 1.54) is 0 Å². The summed E-state index contributed by atoms with van der Waals surface area (Å²) >= 11 is 0. The first-order chi connectivity index (χ1) is 11.1. The molecule has 0 aromatic carbocycles. The smallest absolute Gasteiger partial charge is 0.289 e. The molecule has 1 atom stereocenters. The third-order valence-electron chi connectivity index (χ3n) is 4.53. The minimum Gasteiger partial charge on any atom is -0.456 e. The van der Waals surface area contributed by atoms with Crippen molar-refractivity contribution in [2.75, 3.05) is 26.2 Å². The number of aromatic nitrogens is 2. The van der Waals surface area contributed by atoms with Crippen LogP contribution in [0.1, 0.15) is 47.6 Å². The highest BCUT2D eigenvalue weighted by atomic mass is 16.4. The molecule has 124 valence electrons. The van der Waals surface area contributed by atoms with Crippen molar-refractivity contribution < 1.29 is 9.21 Å². The number of nitrogens with zero attached hydrogens (tertiary/aromatic N) is 3. The van der Waals surface area contributed by atoms with Crippen LogP contribution < -0.4 is 0 Å². The zero-order chi connectivity index (χ0) is 16.4. The van der Waals surface area contributed by atoms with Gasteiger partial charge in [-0.1, -0.05) is 13.8 Å². The van der Waals surface area contributed by atoms with Crippen LogP contribution in [-0.2, 0) is 6.42 Å². The van der Waals surface area contributed by atoms with E-state index in [1.54, 1.807) is 6.20 Å². The van der Waals surface area contributed by atoms with E-state index in [9.17, 15) is 4.79 Å². The van der Waals surface area contributed by atoms with Crippen LogP contribution in [0.3, 0.4) is 0 Å².